The molecule has 0 unspecified atom stereocenters. The summed E-state index contributed by atoms with van der Waals surface area (Å²) in [4.78, 5) is 29.4. The number of nitrogens with zero attached hydrogens (tertiary/aromatic N) is 2. The molecule has 0 bridgehead atoms. The number of piperazine rings is 1. The predicted octanol–water partition coefficient (Wildman–Crippen LogP) is 5.09. The van der Waals surface area contributed by atoms with Gasteiger partial charge in [0, 0.05) is 49.9 Å². The van der Waals surface area contributed by atoms with Crippen LogP contribution in [0.2, 0.25) is 0 Å². The first kappa shape index (κ1) is 23.8. The van der Waals surface area contributed by atoms with E-state index in [1.165, 1.54) is 19.3 Å². The van der Waals surface area contributed by atoms with Crippen LogP contribution in [0.1, 0.15) is 70.4 Å². The molecule has 3 heterocycles. The molecule has 5 rings (SSSR count). The van der Waals surface area contributed by atoms with Gasteiger partial charge in [0.2, 0.25) is 0 Å². The summed E-state index contributed by atoms with van der Waals surface area (Å²) in [5.74, 6) is 0.787. The summed E-state index contributed by atoms with van der Waals surface area (Å²) in [5.41, 5.74) is 2.76. The van der Waals surface area contributed by atoms with Crippen LogP contribution < -0.4 is 20.6 Å². The monoisotopic (exact) mass is 479 g/mol. The fraction of sp³-hybridized carbons (Fsp3) is 0.571. The lowest BCUT2D eigenvalue weighted by atomic mass is 9.95. The molecule has 1 aliphatic carbocycles. The van der Waals surface area contributed by atoms with Gasteiger partial charge in [0.05, 0.1) is 11.1 Å². The largest absolute Gasteiger partial charge is 0.482 e. The molecule has 35 heavy (non-hydrogen) atoms. The molecule has 2 fully saturated rings. The molecule has 7 heteroatoms. The third kappa shape index (κ3) is 4.91. The maximum Gasteiger partial charge on any atom is 0.336 e. The third-order valence-electron chi connectivity index (χ3n) is 7.46. The molecular weight excluding hydrogens is 442 g/mol. The molecular formula is C28H37N3O4. The van der Waals surface area contributed by atoms with Gasteiger partial charge in [0.1, 0.15) is 16.9 Å². The highest BCUT2D eigenvalue weighted by atomic mass is 16.5. The highest BCUT2D eigenvalue weighted by molar-refractivity contribution is 5.96. The second-order valence-electron chi connectivity index (χ2n) is 10.6. The van der Waals surface area contributed by atoms with Crippen LogP contribution in [0.5, 0.6) is 5.75 Å². The van der Waals surface area contributed by atoms with Crippen molar-refractivity contribution in [2.75, 3.05) is 31.1 Å². The van der Waals surface area contributed by atoms with Gasteiger partial charge in [0.25, 0.3) is 0 Å². The zero-order chi connectivity index (χ0) is 24.6. The fourth-order valence-corrected chi connectivity index (χ4v) is 5.61. The van der Waals surface area contributed by atoms with Gasteiger partial charge in [-0.15, -0.1) is 0 Å². The maximum absolute atomic E-state index is 12.8. The summed E-state index contributed by atoms with van der Waals surface area (Å²) in [6, 6.07) is 3.95. The van der Waals surface area contributed by atoms with Crippen molar-refractivity contribution < 1.29 is 13.9 Å². The molecule has 0 spiro atoms. The van der Waals surface area contributed by atoms with Gasteiger partial charge in [-0.05, 0) is 50.8 Å². The molecule has 188 valence electrons. The molecule has 7 nitrogen and oxygen atoms in total. The van der Waals surface area contributed by atoms with Crippen LogP contribution in [0.3, 0.4) is 0 Å². The normalized spacial score (nSPS) is 20.0. The van der Waals surface area contributed by atoms with Crippen molar-refractivity contribution in [3.63, 3.8) is 0 Å². The van der Waals surface area contributed by atoms with Gasteiger partial charge in [-0.1, -0.05) is 32.6 Å². The Balaban J connectivity index is 1.43. The number of amides is 2. The first-order chi connectivity index (χ1) is 16.8. The lowest BCUT2D eigenvalue weighted by molar-refractivity contribution is 0.161. The molecule has 1 aromatic carbocycles. The number of rotatable bonds is 4. The number of hydrogen-bond acceptors (Lipinski definition) is 5. The van der Waals surface area contributed by atoms with Crippen LogP contribution in [-0.4, -0.2) is 48.8 Å². The van der Waals surface area contributed by atoms with Crippen molar-refractivity contribution in [2.45, 2.75) is 77.4 Å². The van der Waals surface area contributed by atoms with Gasteiger partial charge in [-0.3, -0.25) is 0 Å². The van der Waals surface area contributed by atoms with E-state index in [0.29, 0.717) is 37.8 Å². The van der Waals surface area contributed by atoms with Crippen molar-refractivity contribution in [2.24, 2.45) is 0 Å². The summed E-state index contributed by atoms with van der Waals surface area (Å²) in [5, 5.41) is 4.13. The zero-order valence-corrected chi connectivity index (χ0v) is 21.2. The van der Waals surface area contributed by atoms with Crippen molar-refractivity contribution in [3.8, 4) is 5.75 Å². The number of benzene rings is 1. The molecule has 0 radical (unpaired) electrons. The SMILES string of the molecule is CCCc1cc(=O)oc2cc(N3CCN(C(=O)NC4CCCCC4)CC3)c3c(c12)OC(C)(C)C=C3. The van der Waals surface area contributed by atoms with E-state index in [9.17, 15) is 9.59 Å². The average Bonchev–Trinajstić information content (AvgIpc) is 2.83. The number of anilines is 1. The minimum absolute atomic E-state index is 0.0530. The van der Waals surface area contributed by atoms with E-state index in [1.54, 1.807) is 6.07 Å². The number of carbonyl (C=O) groups is 1. The van der Waals surface area contributed by atoms with Crippen LogP contribution in [0.4, 0.5) is 10.5 Å². The standard InChI is InChI=1S/C28H37N3O4/c1-4-8-19-17-24(32)34-23-18-22(21-11-12-28(2,3)35-26(21)25(19)23)30-13-15-31(16-14-30)27(33)29-20-9-6-5-7-10-20/h11-12,17-18,20H,4-10,13-16H2,1-3H3,(H,29,33). The van der Waals surface area contributed by atoms with Gasteiger partial charge in [-0.25, -0.2) is 9.59 Å². The van der Waals surface area contributed by atoms with Gasteiger partial charge in [-0.2, -0.15) is 0 Å². The van der Waals surface area contributed by atoms with Gasteiger partial charge >= 0.3 is 11.7 Å². The topological polar surface area (TPSA) is 75.0 Å². The van der Waals surface area contributed by atoms with E-state index in [2.05, 4.69) is 29.3 Å². The number of fused-ring (bicyclic) bond motifs is 3. The maximum atomic E-state index is 12.8. The molecule has 1 saturated heterocycles. The van der Waals surface area contributed by atoms with Crippen LogP contribution in [0.15, 0.2) is 27.4 Å². The second kappa shape index (κ2) is 9.59. The summed E-state index contributed by atoms with van der Waals surface area (Å²) in [6.07, 6.45) is 11.8. The number of ether oxygens (including phenoxy) is 1. The molecule has 0 atom stereocenters. The number of hydrogen-bond donors (Lipinski definition) is 1. The molecule has 2 amide bonds. The smallest absolute Gasteiger partial charge is 0.336 e. The number of carbonyl (C=O) groups excluding carboxylic acids is 1. The Hall–Kier alpha value is -2.96. The Morgan fingerprint density at radius 1 is 1.11 bits per heavy atom. The Morgan fingerprint density at radius 2 is 1.86 bits per heavy atom. The number of urea groups is 1. The van der Waals surface area contributed by atoms with Crippen LogP contribution >= 0.6 is 0 Å². The van der Waals surface area contributed by atoms with Crippen molar-refractivity contribution in [1.82, 2.24) is 10.2 Å². The minimum Gasteiger partial charge on any atom is -0.482 e. The lowest BCUT2D eigenvalue weighted by Gasteiger charge is -2.39. The Kier molecular flexibility index (Phi) is 6.51. The summed E-state index contributed by atoms with van der Waals surface area (Å²) < 4.78 is 12.2. The Labute approximate surface area is 207 Å². The Morgan fingerprint density at radius 3 is 2.57 bits per heavy atom. The van der Waals surface area contributed by atoms with Gasteiger partial charge in [0.15, 0.2) is 0 Å². The fourth-order valence-electron chi connectivity index (χ4n) is 5.61. The predicted molar refractivity (Wildman–Crippen MR) is 139 cm³/mol. The summed E-state index contributed by atoms with van der Waals surface area (Å²) in [6.45, 7) is 8.91. The molecule has 1 aromatic heterocycles. The highest BCUT2D eigenvalue weighted by Crippen LogP contribution is 2.44. The van der Waals surface area contributed by atoms with E-state index >= 15 is 0 Å². The second-order valence-corrected chi connectivity index (χ2v) is 10.6. The van der Waals surface area contributed by atoms with E-state index in [4.69, 9.17) is 9.15 Å². The molecule has 2 aliphatic heterocycles. The van der Waals surface area contributed by atoms with E-state index in [1.807, 2.05) is 24.8 Å². The van der Waals surface area contributed by atoms with Crippen molar-refractivity contribution in [1.29, 1.82) is 0 Å². The van der Waals surface area contributed by atoms with Crippen LogP contribution in [-0.2, 0) is 6.42 Å². The first-order valence-electron chi connectivity index (χ1n) is 13.2. The molecule has 1 N–H and O–H groups in total. The van der Waals surface area contributed by atoms with Crippen molar-refractivity contribution >= 4 is 28.8 Å². The lowest BCUT2D eigenvalue weighted by Crippen LogP contribution is -2.53. The first-order valence-corrected chi connectivity index (χ1v) is 13.2. The number of nitrogens with one attached hydrogen (secondary N) is 1. The minimum atomic E-state index is -0.450. The molecule has 2 aromatic rings. The molecule has 3 aliphatic rings. The van der Waals surface area contributed by atoms with Crippen LogP contribution in [0, 0.1) is 0 Å². The zero-order valence-electron chi connectivity index (χ0n) is 21.2. The van der Waals surface area contributed by atoms with E-state index < -0.39 is 5.60 Å². The third-order valence-corrected chi connectivity index (χ3v) is 7.46. The average molecular weight is 480 g/mol. The molecule has 1 saturated carbocycles. The van der Waals surface area contributed by atoms with Crippen molar-refractivity contribution in [3.05, 3.63) is 39.8 Å². The van der Waals surface area contributed by atoms with Crippen LogP contribution in [0.25, 0.3) is 17.0 Å². The van der Waals surface area contributed by atoms with E-state index in [0.717, 1.165) is 53.6 Å². The number of aryl methyl sites for hydroxylation is 1. The highest BCUT2D eigenvalue weighted by Gasteiger charge is 2.31. The van der Waals surface area contributed by atoms with Gasteiger partial charge < -0.3 is 24.3 Å². The Bertz CT molecular complexity index is 1180. The summed E-state index contributed by atoms with van der Waals surface area (Å²) >= 11 is 0. The summed E-state index contributed by atoms with van der Waals surface area (Å²) in [7, 11) is 0. The van der Waals surface area contributed by atoms with E-state index in [-0.39, 0.29) is 11.7 Å². The quantitative estimate of drug-likeness (QED) is 0.618.